The molecule has 0 bridgehead atoms. The molecule has 1 amide bonds. The molecule has 2 N–H and O–H groups in total. The Labute approximate surface area is 148 Å². The van der Waals surface area contributed by atoms with Crippen LogP contribution < -0.4 is 10.9 Å². The van der Waals surface area contributed by atoms with Crippen LogP contribution in [0.25, 0.3) is 11.4 Å². The Morgan fingerprint density at radius 1 is 1.24 bits per heavy atom. The van der Waals surface area contributed by atoms with Crippen molar-refractivity contribution in [3.63, 3.8) is 0 Å². The van der Waals surface area contributed by atoms with E-state index in [-0.39, 0.29) is 23.3 Å². The number of pyridine rings is 1. The van der Waals surface area contributed by atoms with Crippen LogP contribution in [0.2, 0.25) is 0 Å². The van der Waals surface area contributed by atoms with Crippen LogP contribution in [0.15, 0.2) is 29.3 Å². The van der Waals surface area contributed by atoms with Crippen molar-refractivity contribution in [1.82, 2.24) is 20.3 Å². The summed E-state index contributed by atoms with van der Waals surface area (Å²) in [4.78, 5) is 35.5. The zero-order valence-corrected chi connectivity index (χ0v) is 15.3. The fourth-order valence-electron chi connectivity index (χ4n) is 2.46. The van der Waals surface area contributed by atoms with Crippen molar-refractivity contribution < 1.29 is 4.79 Å². The number of carbonyl (C=O) groups excluding carboxylic acids is 1. The summed E-state index contributed by atoms with van der Waals surface area (Å²) < 4.78 is 0. The number of rotatable bonds is 6. The molecule has 0 saturated heterocycles. The number of aromatic nitrogens is 3. The van der Waals surface area contributed by atoms with Crippen molar-refractivity contribution in [3.8, 4) is 11.4 Å². The van der Waals surface area contributed by atoms with Gasteiger partial charge < -0.3 is 10.3 Å². The maximum atomic E-state index is 12.3. The summed E-state index contributed by atoms with van der Waals surface area (Å²) in [7, 11) is 0. The first-order chi connectivity index (χ1) is 11.8. The highest BCUT2D eigenvalue weighted by molar-refractivity contribution is 5.76. The van der Waals surface area contributed by atoms with E-state index < -0.39 is 0 Å². The van der Waals surface area contributed by atoms with Crippen LogP contribution in [-0.4, -0.2) is 27.4 Å². The molecule has 0 aliphatic rings. The molecule has 0 aromatic carbocycles. The molecule has 0 aliphatic heterocycles. The van der Waals surface area contributed by atoms with Crippen molar-refractivity contribution >= 4 is 5.91 Å². The molecule has 0 spiro atoms. The van der Waals surface area contributed by atoms with Gasteiger partial charge in [-0.25, -0.2) is 4.98 Å². The number of hydrogen-bond acceptors (Lipinski definition) is 4. The summed E-state index contributed by atoms with van der Waals surface area (Å²) >= 11 is 0. The highest BCUT2D eigenvalue weighted by Gasteiger charge is 2.13. The standard InChI is InChI=1S/C19H26N4O2/c1-13-15(5-6-16(24)21-12-9-19(2,3)4)18(25)23-17(22-13)14-7-10-20-11-8-14/h7-8,10-11H,5-6,9,12H2,1-4H3,(H,21,24)(H,22,23,25). The average molecular weight is 342 g/mol. The molecular formula is C19H26N4O2. The topological polar surface area (TPSA) is 87.7 Å². The van der Waals surface area contributed by atoms with Crippen molar-refractivity contribution in [2.75, 3.05) is 6.54 Å². The zero-order chi connectivity index (χ0) is 18.4. The Bertz CT molecular complexity index is 776. The van der Waals surface area contributed by atoms with Gasteiger partial charge in [0.2, 0.25) is 5.91 Å². The largest absolute Gasteiger partial charge is 0.356 e. The van der Waals surface area contributed by atoms with Crippen molar-refractivity contribution in [2.24, 2.45) is 5.41 Å². The van der Waals surface area contributed by atoms with Gasteiger partial charge in [0.25, 0.3) is 5.56 Å². The van der Waals surface area contributed by atoms with Crippen LogP contribution in [0.3, 0.4) is 0 Å². The number of carbonyl (C=O) groups is 1. The molecule has 0 aliphatic carbocycles. The summed E-state index contributed by atoms with van der Waals surface area (Å²) in [5, 5.41) is 2.91. The molecule has 0 atom stereocenters. The van der Waals surface area contributed by atoms with Gasteiger partial charge >= 0.3 is 0 Å². The van der Waals surface area contributed by atoms with Crippen LogP contribution >= 0.6 is 0 Å². The lowest BCUT2D eigenvalue weighted by Gasteiger charge is -2.18. The third kappa shape index (κ3) is 5.81. The lowest BCUT2D eigenvalue weighted by atomic mass is 9.92. The highest BCUT2D eigenvalue weighted by atomic mass is 16.1. The van der Waals surface area contributed by atoms with Gasteiger partial charge in [-0.3, -0.25) is 14.6 Å². The normalized spacial score (nSPS) is 11.4. The number of aryl methyl sites for hydroxylation is 1. The van der Waals surface area contributed by atoms with Crippen molar-refractivity contribution in [2.45, 2.75) is 47.0 Å². The number of H-pyrrole nitrogens is 1. The quantitative estimate of drug-likeness (QED) is 0.845. The minimum atomic E-state index is -0.193. The van der Waals surface area contributed by atoms with Gasteiger partial charge in [-0.05, 0) is 37.3 Å². The van der Waals surface area contributed by atoms with Crippen LogP contribution in [0.4, 0.5) is 0 Å². The molecule has 0 saturated carbocycles. The van der Waals surface area contributed by atoms with Crippen molar-refractivity contribution in [1.29, 1.82) is 0 Å². The SMILES string of the molecule is Cc1nc(-c2ccncc2)[nH]c(=O)c1CCC(=O)NCCC(C)(C)C. The first-order valence-corrected chi connectivity index (χ1v) is 8.53. The molecule has 0 unspecified atom stereocenters. The number of nitrogens with one attached hydrogen (secondary N) is 2. The van der Waals surface area contributed by atoms with E-state index in [1.165, 1.54) is 0 Å². The average Bonchev–Trinajstić information content (AvgIpc) is 2.53. The van der Waals surface area contributed by atoms with Gasteiger partial charge in [-0.15, -0.1) is 0 Å². The molecule has 2 rings (SSSR count). The monoisotopic (exact) mass is 342 g/mol. The van der Waals surface area contributed by atoms with E-state index in [0.29, 0.717) is 30.0 Å². The Morgan fingerprint density at radius 3 is 2.52 bits per heavy atom. The summed E-state index contributed by atoms with van der Waals surface area (Å²) in [5.74, 6) is 0.476. The van der Waals surface area contributed by atoms with Gasteiger partial charge in [-0.1, -0.05) is 20.8 Å². The molecule has 2 aromatic heterocycles. The van der Waals surface area contributed by atoms with Crippen molar-refractivity contribution in [3.05, 3.63) is 46.1 Å². The first kappa shape index (κ1) is 18.8. The summed E-state index contributed by atoms with van der Waals surface area (Å²) in [5.41, 5.74) is 2.01. The van der Waals surface area contributed by atoms with Crippen LogP contribution in [-0.2, 0) is 11.2 Å². The van der Waals surface area contributed by atoms with Gasteiger partial charge in [0.15, 0.2) is 0 Å². The van der Waals surface area contributed by atoms with Gasteiger partial charge in [-0.2, -0.15) is 0 Å². The molecule has 134 valence electrons. The molecule has 6 nitrogen and oxygen atoms in total. The molecule has 0 radical (unpaired) electrons. The Balaban J connectivity index is 1.99. The third-order valence-electron chi connectivity index (χ3n) is 3.98. The van der Waals surface area contributed by atoms with Gasteiger partial charge in [0, 0.05) is 42.2 Å². The molecule has 2 heterocycles. The minimum absolute atomic E-state index is 0.0405. The maximum Gasteiger partial charge on any atom is 0.254 e. The smallest absolute Gasteiger partial charge is 0.254 e. The zero-order valence-electron chi connectivity index (χ0n) is 15.3. The Hall–Kier alpha value is -2.50. The maximum absolute atomic E-state index is 12.3. The van der Waals surface area contributed by atoms with Crippen LogP contribution in [0.1, 0.15) is 44.9 Å². The third-order valence-corrected chi connectivity index (χ3v) is 3.98. The molecular weight excluding hydrogens is 316 g/mol. The molecule has 25 heavy (non-hydrogen) atoms. The van der Waals surface area contributed by atoms with E-state index in [2.05, 4.69) is 41.0 Å². The highest BCUT2D eigenvalue weighted by Crippen LogP contribution is 2.17. The predicted octanol–water partition coefficient (Wildman–Crippen LogP) is 2.63. The van der Waals surface area contributed by atoms with E-state index in [0.717, 1.165) is 12.0 Å². The second-order valence-electron chi connectivity index (χ2n) is 7.37. The van der Waals surface area contributed by atoms with E-state index in [4.69, 9.17) is 0 Å². The first-order valence-electron chi connectivity index (χ1n) is 8.53. The summed E-state index contributed by atoms with van der Waals surface area (Å²) in [6.45, 7) is 8.86. The number of nitrogens with zero attached hydrogens (tertiary/aromatic N) is 2. The number of amides is 1. The minimum Gasteiger partial charge on any atom is -0.356 e. The Kier molecular flexibility index (Phi) is 6.07. The lowest BCUT2D eigenvalue weighted by Crippen LogP contribution is -2.28. The molecule has 6 heteroatoms. The fourth-order valence-corrected chi connectivity index (χ4v) is 2.46. The second-order valence-corrected chi connectivity index (χ2v) is 7.37. The number of hydrogen-bond donors (Lipinski definition) is 2. The van der Waals surface area contributed by atoms with E-state index in [1.807, 2.05) is 0 Å². The molecule has 0 fully saturated rings. The number of aromatic amines is 1. The lowest BCUT2D eigenvalue weighted by molar-refractivity contribution is -0.121. The van der Waals surface area contributed by atoms with Crippen LogP contribution in [0, 0.1) is 12.3 Å². The van der Waals surface area contributed by atoms with E-state index >= 15 is 0 Å². The predicted molar refractivity (Wildman–Crippen MR) is 98.2 cm³/mol. The van der Waals surface area contributed by atoms with E-state index in [9.17, 15) is 9.59 Å². The molecule has 2 aromatic rings. The van der Waals surface area contributed by atoms with Gasteiger partial charge in [0.1, 0.15) is 5.82 Å². The second kappa shape index (κ2) is 8.05. The fraction of sp³-hybridized carbons (Fsp3) is 0.474. The van der Waals surface area contributed by atoms with Crippen LogP contribution in [0.5, 0.6) is 0 Å². The summed E-state index contributed by atoms with van der Waals surface area (Å²) in [6.07, 6.45) is 4.89. The van der Waals surface area contributed by atoms with Gasteiger partial charge in [0.05, 0.1) is 0 Å². The summed E-state index contributed by atoms with van der Waals surface area (Å²) in [6, 6.07) is 3.58. The van der Waals surface area contributed by atoms with E-state index in [1.54, 1.807) is 31.5 Å². The Morgan fingerprint density at radius 2 is 1.92 bits per heavy atom.